The van der Waals surface area contributed by atoms with E-state index in [9.17, 15) is 10.1 Å². The van der Waals surface area contributed by atoms with Crippen LogP contribution in [0.2, 0.25) is 0 Å². The molecule has 1 aromatic rings. The number of nitrogens with zero attached hydrogens (tertiary/aromatic N) is 1. The number of ether oxygens (including phenoxy) is 1. The summed E-state index contributed by atoms with van der Waals surface area (Å²) < 4.78 is 6.31. The highest BCUT2D eigenvalue weighted by Crippen LogP contribution is 2.27. The van der Waals surface area contributed by atoms with Crippen molar-refractivity contribution >= 4 is 21.6 Å². The fourth-order valence-electron chi connectivity index (χ4n) is 1.64. The minimum atomic E-state index is -0.426. The Morgan fingerprint density at radius 2 is 2.31 bits per heavy atom. The molecule has 16 heavy (non-hydrogen) atoms. The second-order valence-electron chi connectivity index (χ2n) is 3.63. The average Bonchev–Trinajstić information content (AvgIpc) is 2.69. The zero-order valence-electron chi connectivity index (χ0n) is 8.48. The summed E-state index contributed by atoms with van der Waals surface area (Å²) in [7, 11) is 0. The molecule has 0 amide bonds. The van der Waals surface area contributed by atoms with Crippen LogP contribution in [-0.2, 0) is 0 Å². The number of nitro benzene ring substituents is 1. The van der Waals surface area contributed by atoms with Gasteiger partial charge < -0.3 is 10.1 Å². The normalized spacial score (nSPS) is 19.7. The van der Waals surface area contributed by atoms with Gasteiger partial charge in [0.2, 0.25) is 0 Å². The minimum absolute atomic E-state index is 0.0373. The topological polar surface area (TPSA) is 64.4 Å². The predicted molar refractivity (Wildman–Crippen MR) is 62.7 cm³/mol. The third-order valence-electron chi connectivity index (χ3n) is 2.38. The Kier molecular flexibility index (Phi) is 3.40. The Morgan fingerprint density at radius 1 is 1.50 bits per heavy atom. The lowest BCUT2D eigenvalue weighted by molar-refractivity contribution is -0.385. The summed E-state index contributed by atoms with van der Waals surface area (Å²) in [6, 6.07) is 4.65. The molecule has 5 nitrogen and oxygen atoms in total. The SMILES string of the molecule is O=[N+]([O-])c1cc(Br)cc(OC2CCNC2)c1. The molecule has 1 aliphatic rings. The number of benzene rings is 1. The molecule has 0 saturated carbocycles. The van der Waals surface area contributed by atoms with E-state index in [1.807, 2.05) is 0 Å². The molecule has 1 atom stereocenters. The van der Waals surface area contributed by atoms with Crippen LogP contribution in [0.3, 0.4) is 0 Å². The van der Waals surface area contributed by atoms with Crippen LogP contribution in [0, 0.1) is 10.1 Å². The van der Waals surface area contributed by atoms with E-state index < -0.39 is 4.92 Å². The van der Waals surface area contributed by atoms with Gasteiger partial charge in [-0.05, 0) is 19.0 Å². The second-order valence-corrected chi connectivity index (χ2v) is 4.55. The van der Waals surface area contributed by atoms with Crippen LogP contribution >= 0.6 is 15.9 Å². The molecule has 0 radical (unpaired) electrons. The van der Waals surface area contributed by atoms with E-state index in [1.54, 1.807) is 6.07 Å². The summed E-state index contributed by atoms with van der Waals surface area (Å²) in [6.45, 7) is 1.72. The van der Waals surface area contributed by atoms with E-state index >= 15 is 0 Å². The lowest BCUT2D eigenvalue weighted by Gasteiger charge is -2.12. The molecule has 6 heteroatoms. The van der Waals surface area contributed by atoms with Gasteiger partial charge in [-0.15, -0.1) is 0 Å². The smallest absolute Gasteiger partial charge is 0.274 e. The van der Waals surface area contributed by atoms with E-state index in [1.165, 1.54) is 12.1 Å². The Balaban J connectivity index is 2.16. The van der Waals surface area contributed by atoms with Crippen molar-refractivity contribution in [2.75, 3.05) is 13.1 Å². The zero-order chi connectivity index (χ0) is 11.5. The average molecular weight is 287 g/mol. The van der Waals surface area contributed by atoms with Gasteiger partial charge in [0, 0.05) is 17.1 Å². The van der Waals surface area contributed by atoms with Gasteiger partial charge in [0.25, 0.3) is 5.69 Å². The molecule has 1 unspecified atom stereocenters. The monoisotopic (exact) mass is 286 g/mol. The fraction of sp³-hybridized carbons (Fsp3) is 0.400. The molecule has 0 aromatic heterocycles. The van der Waals surface area contributed by atoms with Crippen LogP contribution in [0.25, 0.3) is 0 Å². The summed E-state index contributed by atoms with van der Waals surface area (Å²) in [5.41, 5.74) is 0.0373. The molecule has 0 aliphatic carbocycles. The van der Waals surface area contributed by atoms with Gasteiger partial charge in [-0.25, -0.2) is 0 Å². The molecule has 1 aromatic carbocycles. The maximum absolute atomic E-state index is 10.7. The van der Waals surface area contributed by atoms with Crippen molar-refractivity contribution in [1.82, 2.24) is 5.32 Å². The van der Waals surface area contributed by atoms with Gasteiger partial charge in [-0.3, -0.25) is 10.1 Å². The van der Waals surface area contributed by atoms with Crippen molar-refractivity contribution < 1.29 is 9.66 Å². The highest BCUT2D eigenvalue weighted by Gasteiger charge is 2.17. The third kappa shape index (κ3) is 2.70. The summed E-state index contributed by atoms with van der Waals surface area (Å²) in [5.74, 6) is 0.537. The molecule has 0 bridgehead atoms. The third-order valence-corrected chi connectivity index (χ3v) is 2.84. The molecule has 2 rings (SSSR count). The molecule has 1 saturated heterocycles. The van der Waals surface area contributed by atoms with Crippen molar-refractivity contribution in [3.63, 3.8) is 0 Å². The highest BCUT2D eigenvalue weighted by atomic mass is 79.9. The fourth-order valence-corrected chi connectivity index (χ4v) is 2.10. The van der Waals surface area contributed by atoms with Crippen molar-refractivity contribution in [3.8, 4) is 5.75 Å². The van der Waals surface area contributed by atoms with Crippen molar-refractivity contribution in [3.05, 3.63) is 32.8 Å². The van der Waals surface area contributed by atoms with Crippen LogP contribution in [0.1, 0.15) is 6.42 Å². The second kappa shape index (κ2) is 4.80. The molecule has 86 valence electrons. The maximum Gasteiger partial charge on any atom is 0.274 e. The molecule has 1 aliphatic heterocycles. The van der Waals surface area contributed by atoms with Crippen molar-refractivity contribution in [2.45, 2.75) is 12.5 Å². The first kappa shape index (κ1) is 11.3. The summed E-state index contributed by atoms with van der Waals surface area (Å²) in [5, 5.41) is 13.8. The number of nitrogens with one attached hydrogen (secondary N) is 1. The molecular weight excluding hydrogens is 276 g/mol. The first-order chi connectivity index (χ1) is 7.65. The number of hydrogen-bond donors (Lipinski definition) is 1. The Bertz CT molecular complexity index is 405. The number of non-ortho nitro benzene ring substituents is 1. The first-order valence-electron chi connectivity index (χ1n) is 4.97. The maximum atomic E-state index is 10.7. The van der Waals surface area contributed by atoms with Crippen molar-refractivity contribution in [2.24, 2.45) is 0 Å². The van der Waals surface area contributed by atoms with Crippen LogP contribution in [-0.4, -0.2) is 24.1 Å². The van der Waals surface area contributed by atoms with Gasteiger partial charge in [0.05, 0.1) is 11.0 Å². The van der Waals surface area contributed by atoms with Gasteiger partial charge >= 0.3 is 0 Å². The predicted octanol–water partition coefficient (Wildman–Crippen LogP) is 2.10. The van der Waals surface area contributed by atoms with Gasteiger partial charge in [-0.1, -0.05) is 15.9 Å². The first-order valence-corrected chi connectivity index (χ1v) is 5.77. The van der Waals surface area contributed by atoms with Crippen LogP contribution in [0.4, 0.5) is 5.69 Å². The lowest BCUT2D eigenvalue weighted by Crippen LogP contribution is -2.19. The van der Waals surface area contributed by atoms with E-state index in [2.05, 4.69) is 21.2 Å². The van der Waals surface area contributed by atoms with Gasteiger partial charge in [-0.2, -0.15) is 0 Å². The van der Waals surface area contributed by atoms with Gasteiger partial charge in [0.15, 0.2) is 0 Å². The quantitative estimate of drug-likeness (QED) is 0.683. The number of nitro groups is 1. The van der Waals surface area contributed by atoms with Crippen LogP contribution in [0.5, 0.6) is 5.75 Å². The Labute approximate surface area is 101 Å². The largest absolute Gasteiger partial charge is 0.489 e. The molecule has 1 heterocycles. The van der Waals surface area contributed by atoms with Crippen LogP contribution in [0.15, 0.2) is 22.7 Å². The lowest BCUT2D eigenvalue weighted by atomic mass is 10.3. The Morgan fingerprint density at radius 3 is 2.94 bits per heavy atom. The van der Waals surface area contributed by atoms with E-state index in [0.717, 1.165) is 19.5 Å². The standard InChI is InChI=1S/C10H11BrN2O3/c11-7-3-8(13(14)15)5-10(4-7)16-9-1-2-12-6-9/h3-5,9,12H,1-2,6H2. The van der Waals surface area contributed by atoms with E-state index in [0.29, 0.717) is 10.2 Å². The van der Waals surface area contributed by atoms with E-state index in [-0.39, 0.29) is 11.8 Å². The Hall–Kier alpha value is -1.14. The van der Waals surface area contributed by atoms with Gasteiger partial charge in [0.1, 0.15) is 11.9 Å². The summed E-state index contributed by atoms with van der Waals surface area (Å²) in [6.07, 6.45) is 1.04. The number of hydrogen-bond acceptors (Lipinski definition) is 4. The van der Waals surface area contributed by atoms with E-state index in [4.69, 9.17) is 4.74 Å². The minimum Gasteiger partial charge on any atom is -0.489 e. The highest BCUT2D eigenvalue weighted by molar-refractivity contribution is 9.10. The molecular formula is C10H11BrN2O3. The molecule has 1 fully saturated rings. The van der Waals surface area contributed by atoms with Crippen molar-refractivity contribution in [1.29, 1.82) is 0 Å². The summed E-state index contributed by atoms with van der Waals surface area (Å²) in [4.78, 5) is 10.2. The zero-order valence-corrected chi connectivity index (χ0v) is 10.1. The van der Waals surface area contributed by atoms with Crippen LogP contribution < -0.4 is 10.1 Å². The number of rotatable bonds is 3. The molecule has 0 spiro atoms. The molecule has 1 N–H and O–H groups in total. The summed E-state index contributed by atoms with van der Waals surface area (Å²) >= 11 is 3.23. The number of halogens is 1.